The van der Waals surface area contributed by atoms with Gasteiger partial charge in [0.1, 0.15) is 0 Å². The molecule has 8 heteroatoms. The fraction of sp³-hybridized carbons (Fsp3) is 0.368. The highest BCUT2D eigenvalue weighted by molar-refractivity contribution is 9.10. The number of aromatic nitrogens is 2. The van der Waals surface area contributed by atoms with Crippen molar-refractivity contribution in [2.75, 3.05) is 32.8 Å². The standard InChI is InChI=1S/C19H21BrN4O3/c20-17-7-6-16(26-17)19-23-22-18(27-19)12-21-15(14-4-2-1-3-5-14)13-24-8-10-25-11-9-24/h1-7,15,21H,8-13H2. The van der Waals surface area contributed by atoms with Crippen LogP contribution in [0.4, 0.5) is 0 Å². The molecule has 2 aromatic heterocycles. The smallest absolute Gasteiger partial charge is 0.283 e. The van der Waals surface area contributed by atoms with E-state index in [2.05, 4.69) is 60.6 Å². The number of ether oxygens (including phenoxy) is 1. The lowest BCUT2D eigenvalue weighted by atomic mass is 10.1. The molecule has 4 rings (SSSR count). The Bertz CT molecular complexity index is 846. The summed E-state index contributed by atoms with van der Waals surface area (Å²) in [6, 6.07) is 14.2. The molecule has 1 fully saturated rings. The van der Waals surface area contributed by atoms with Crippen molar-refractivity contribution in [1.82, 2.24) is 20.4 Å². The van der Waals surface area contributed by atoms with E-state index in [1.165, 1.54) is 5.56 Å². The van der Waals surface area contributed by atoms with E-state index in [1.807, 2.05) is 6.07 Å². The first-order valence-corrected chi connectivity index (χ1v) is 9.74. The Morgan fingerprint density at radius 1 is 1.04 bits per heavy atom. The molecule has 27 heavy (non-hydrogen) atoms. The molecule has 142 valence electrons. The van der Waals surface area contributed by atoms with Gasteiger partial charge in [-0.15, -0.1) is 10.2 Å². The predicted octanol–water partition coefficient (Wildman–Crippen LogP) is 3.26. The molecule has 0 aliphatic carbocycles. The first kappa shape index (κ1) is 18.4. The van der Waals surface area contributed by atoms with Gasteiger partial charge in [0.25, 0.3) is 5.89 Å². The Morgan fingerprint density at radius 2 is 1.85 bits per heavy atom. The number of hydrogen-bond donors (Lipinski definition) is 1. The third-order valence-electron chi connectivity index (χ3n) is 4.50. The monoisotopic (exact) mass is 432 g/mol. The first-order chi connectivity index (χ1) is 13.3. The van der Waals surface area contributed by atoms with Gasteiger partial charge < -0.3 is 18.9 Å². The number of hydrogen-bond acceptors (Lipinski definition) is 7. The van der Waals surface area contributed by atoms with Crippen LogP contribution in [0.25, 0.3) is 11.7 Å². The number of rotatable bonds is 7. The lowest BCUT2D eigenvalue weighted by molar-refractivity contribution is 0.0332. The van der Waals surface area contributed by atoms with Crippen LogP contribution in [0.3, 0.4) is 0 Å². The topological polar surface area (TPSA) is 76.6 Å². The van der Waals surface area contributed by atoms with Gasteiger partial charge in [0, 0.05) is 25.7 Å². The largest absolute Gasteiger partial charge is 0.444 e. The van der Waals surface area contributed by atoms with Crippen molar-refractivity contribution in [2.45, 2.75) is 12.6 Å². The van der Waals surface area contributed by atoms with Crippen molar-refractivity contribution >= 4 is 15.9 Å². The zero-order chi connectivity index (χ0) is 18.5. The third kappa shape index (κ3) is 4.84. The molecule has 1 saturated heterocycles. The lowest BCUT2D eigenvalue weighted by Gasteiger charge is -2.31. The SMILES string of the molecule is Brc1ccc(-c2nnc(CNC(CN3CCOCC3)c3ccccc3)o2)o1. The summed E-state index contributed by atoms with van der Waals surface area (Å²) in [6.07, 6.45) is 0. The van der Waals surface area contributed by atoms with Crippen LogP contribution in [0.15, 0.2) is 56.0 Å². The summed E-state index contributed by atoms with van der Waals surface area (Å²) >= 11 is 3.28. The summed E-state index contributed by atoms with van der Waals surface area (Å²) in [4.78, 5) is 2.41. The minimum Gasteiger partial charge on any atom is -0.444 e. The Kier molecular flexibility index (Phi) is 5.98. The zero-order valence-electron chi connectivity index (χ0n) is 14.8. The molecule has 0 spiro atoms. The molecule has 1 unspecified atom stereocenters. The Balaban J connectivity index is 1.43. The molecule has 0 amide bonds. The number of nitrogens with one attached hydrogen (secondary N) is 1. The quantitative estimate of drug-likeness (QED) is 0.613. The number of halogens is 1. The minimum absolute atomic E-state index is 0.164. The number of nitrogens with zero attached hydrogens (tertiary/aromatic N) is 3. The fourth-order valence-corrected chi connectivity index (χ4v) is 3.39. The van der Waals surface area contributed by atoms with Gasteiger partial charge in [-0.1, -0.05) is 30.3 Å². The van der Waals surface area contributed by atoms with E-state index < -0.39 is 0 Å². The summed E-state index contributed by atoms with van der Waals surface area (Å²) in [5.41, 5.74) is 1.23. The van der Waals surface area contributed by atoms with Gasteiger partial charge in [-0.2, -0.15) is 0 Å². The van der Waals surface area contributed by atoms with Crippen molar-refractivity contribution in [2.24, 2.45) is 0 Å². The first-order valence-electron chi connectivity index (χ1n) is 8.94. The number of benzene rings is 1. The van der Waals surface area contributed by atoms with E-state index in [0.29, 0.717) is 28.8 Å². The van der Waals surface area contributed by atoms with E-state index in [0.717, 1.165) is 32.8 Å². The van der Waals surface area contributed by atoms with Crippen LogP contribution in [0.5, 0.6) is 0 Å². The third-order valence-corrected chi connectivity index (χ3v) is 4.92. The van der Waals surface area contributed by atoms with Gasteiger partial charge in [0.05, 0.1) is 19.8 Å². The van der Waals surface area contributed by atoms with Crippen LogP contribution in [0, 0.1) is 0 Å². The van der Waals surface area contributed by atoms with Crippen molar-refractivity contribution in [3.63, 3.8) is 0 Å². The molecular weight excluding hydrogens is 412 g/mol. The van der Waals surface area contributed by atoms with Gasteiger partial charge in [0.2, 0.25) is 5.89 Å². The molecule has 0 radical (unpaired) electrons. The number of morpholine rings is 1. The normalized spacial score (nSPS) is 16.5. The summed E-state index contributed by atoms with van der Waals surface area (Å²) in [6.45, 7) is 4.85. The second-order valence-corrected chi connectivity index (χ2v) is 7.14. The van der Waals surface area contributed by atoms with Crippen LogP contribution < -0.4 is 5.32 Å². The summed E-state index contributed by atoms with van der Waals surface area (Å²) in [7, 11) is 0. The highest BCUT2D eigenvalue weighted by Gasteiger charge is 2.19. The van der Waals surface area contributed by atoms with Crippen LogP contribution in [-0.2, 0) is 11.3 Å². The highest BCUT2D eigenvalue weighted by atomic mass is 79.9. The second kappa shape index (κ2) is 8.79. The maximum absolute atomic E-state index is 5.73. The molecule has 1 aliphatic heterocycles. The molecule has 0 saturated carbocycles. The van der Waals surface area contributed by atoms with E-state index in [-0.39, 0.29) is 6.04 Å². The van der Waals surface area contributed by atoms with Crippen molar-refractivity contribution in [3.8, 4) is 11.7 Å². The van der Waals surface area contributed by atoms with Gasteiger partial charge in [0.15, 0.2) is 10.4 Å². The van der Waals surface area contributed by atoms with E-state index >= 15 is 0 Å². The van der Waals surface area contributed by atoms with E-state index in [4.69, 9.17) is 13.6 Å². The predicted molar refractivity (Wildman–Crippen MR) is 103 cm³/mol. The maximum Gasteiger partial charge on any atom is 0.283 e. The van der Waals surface area contributed by atoms with Crippen molar-refractivity contribution in [1.29, 1.82) is 0 Å². The van der Waals surface area contributed by atoms with Gasteiger partial charge >= 0.3 is 0 Å². The molecule has 1 aliphatic rings. The molecule has 0 bridgehead atoms. The van der Waals surface area contributed by atoms with Crippen LogP contribution >= 0.6 is 15.9 Å². The van der Waals surface area contributed by atoms with Gasteiger partial charge in [-0.25, -0.2) is 0 Å². The summed E-state index contributed by atoms with van der Waals surface area (Å²) < 4.78 is 17.3. The zero-order valence-corrected chi connectivity index (χ0v) is 16.4. The van der Waals surface area contributed by atoms with E-state index in [1.54, 1.807) is 12.1 Å². The highest BCUT2D eigenvalue weighted by Crippen LogP contribution is 2.24. The molecule has 7 nitrogen and oxygen atoms in total. The molecule has 3 aromatic rings. The van der Waals surface area contributed by atoms with E-state index in [9.17, 15) is 0 Å². The average molecular weight is 433 g/mol. The Morgan fingerprint density at radius 3 is 2.59 bits per heavy atom. The van der Waals surface area contributed by atoms with Crippen molar-refractivity contribution < 1.29 is 13.6 Å². The average Bonchev–Trinajstić information content (AvgIpc) is 3.35. The summed E-state index contributed by atoms with van der Waals surface area (Å²) in [5.74, 6) is 1.45. The lowest BCUT2D eigenvalue weighted by Crippen LogP contribution is -2.41. The maximum atomic E-state index is 5.73. The molecule has 1 aromatic carbocycles. The molecular formula is C19H21BrN4O3. The Hall–Kier alpha value is -2.00. The van der Waals surface area contributed by atoms with Crippen LogP contribution in [0.2, 0.25) is 0 Å². The molecule has 1 N–H and O–H groups in total. The molecule has 1 atom stereocenters. The van der Waals surface area contributed by atoms with Crippen molar-refractivity contribution in [3.05, 3.63) is 58.6 Å². The summed E-state index contributed by atoms with van der Waals surface area (Å²) in [5, 5.41) is 11.7. The second-order valence-electron chi connectivity index (χ2n) is 6.36. The Labute approximate surface area is 165 Å². The van der Waals surface area contributed by atoms with Gasteiger partial charge in [-0.3, -0.25) is 4.90 Å². The van der Waals surface area contributed by atoms with Gasteiger partial charge in [-0.05, 0) is 33.6 Å². The van der Waals surface area contributed by atoms with Crippen LogP contribution in [0.1, 0.15) is 17.5 Å². The number of furan rings is 1. The minimum atomic E-state index is 0.164. The fourth-order valence-electron chi connectivity index (χ4n) is 3.08. The molecule has 3 heterocycles. The van der Waals surface area contributed by atoms with Crippen LogP contribution in [-0.4, -0.2) is 47.9 Å².